The highest BCUT2D eigenvalue weighted by molar-refractivity contribution is 6.29. The first-order valence-corrected chi connectivity index (χ1v) is 9.14. The Morgan fingerprint density at radius 1 is 1.15 bits per heavy atom. The Kier molecular flexibility index (Phi) is 8.24. The van der Waals surface area contributed by atoms with Crippen LogP contribution in [0.25, 0.3) is 0 Å². The minimum Gasteiger partial charge on any atom is -0.491 e. The molecule has 0 aliphatic heterocycles. The van der Waals surface area contributed by atoms with Crippen LogP contribution in [0.1, 0.15) is 19.4 Å². The van der Waals surface area contributed by atoms with Gasteiger partial charge < -0.3 is 25.0 Å². The molecule has 27 heavy (non-hydrogen) atoms. The van der Waals surface area contributed by atoms with Gasteiger partial charge in [-0.2, -0.15) is 0 Å². The number of nitrogens with zero attached hydrogens (tertiary/aromatic N) is 2. The molecule has 1 atom stereocenters. The fourth-order valence-corrected chi connectivity index (χ4v) is 2.40. The number of para-hydroxylation sites is 1. The highest BCUT2D eigenvalue weighted by Crippen LogP contribution is 2.18. The summed E-state index contributed by atoms with van der Waals surface area (Å²) in [4.78, 5) is 0. The molecule has 1 unspecified atom stereocenters. The van der Waals surface area contributed by atoms with Gasteiger partial charge in [-0.1, -0.05) is 29.8 Å². The first kappa shape index (κ1) is 21.4. The van der Waals surface area contributed by atoms with Crippen LogP contribution in [-0.2, 0) is 6.42 Å². The third-order valence-corrected chi connectivity index (χ3v) is 3.99. The van der Waals surface area contributed by atoms with Gasteiger partial charge >= 0.3 is 0 Å². The molecule has 0 bridgehead atoms. The predicted molar refractivity (Wildman–Crippen MR) is 103 cm³/mol. The molecule has 2 rings (SSSR count). The zero-order chi connectivity index (χ0) is 19.7. The smallest absolute Gasteiger partial charge is 0.233 e. The van der Waals surface area contributed by atoms with Crippen molar-refractivity contribution in [3.8, 4) is 11.6 Å². The van der Waals surface area contributed by atoms with Crippen LogP contribution >= 0.6 is 11.6 Å². The minimum absolute atomic E-state index is 0.0523. The summed E-state index contributed by atoms with van der Waals surface area (Å²) in [7, 11) is 0. The van der Waals surface area contributed by atoms with Crippen LogP contribution in [0.5, 0.6) is 11.6 Å². The Hall–Kier alpha value is -1.93. The molecule has 0 saturated heterocycles. The second-order valence-corrected chi connectivity index (χ2v) is 7.18. The fourth-order valence-electron chi connectivity index (χ4n) is 2.30. The number of rotatable bonds is 11. The average Bonchev–Trinajstić information content (AvgIpc) is 2.66. The number of nitrogens with one attached hydrogen (secondary N) is 1. The van der Waals surface area contributed by atoms with Gasteiger partial charge in [-0.25, -0.2) is 0 Å². The Bertz CT molecular complexity index is 698. The molecule has 8 heteroatoms. The summed E-state index contributed by atoms with van der Waals surface area (Å²) in [5, 5.41) is 30.4. The number of halogens is 1. The first-order chi connectivity index (χ1) is 12.9. The average molecular weight is 396 g/mol. The zero-order valence-electron chi connectivity index (χ0n) is 15.6. The van der Waals surface area contributed by atoms with Crippen LogP contribution in [0.3, 0.4) is 0 Å². The number of hydrogen-bond donors (Lipinski definition) is 3. The SMILES string of the molecule is CC(C)(COc1ccc(Cl)nn1)NCC(O)COc1ccccc1CCO. The number of aromatic nitrogens is 2. The molecule has 0 radical (unpaired) electrons. The molecule has 0 fully saturated rings. The van der Waals surface area contributed by atoms with Crippen molar-refractivity contribution in [2.45, 2.75) is 31.9 Å². The van der Waals surface area contributed by atoms with E-state index in [4.69, 9.17) is 26.2 Å². The lowest BCUT2D eigenvalue weighted by molar-refractivity contribution is 0.0917. The van der Waals surface area contributed by atoms with Crippen LogP contribution in [0.4, 0.5) is 0 Å². The molecule has 0 aliphatic carbocycles. The summed E-state index contributed by atoms with van der Waals surface area (Å²) in [6.45, 7) is 4.80. The van der Waals surface area contributed by atoms with Crippen LogP contribution < -0.4 is 14.8 Å². The highest BCUT2D eigenvalue weighted by atomic mass is 35.5. The van der Waals surface area contributed by atoms with E-state index >= 15 is 0 Å². The molecule has 148 valence electrons. The third kappa shape index (κ3) is 7.68. The van der Waals surface area contributed by atoms with E-state index in [0.29, 0.717) is 36.4 Å². The Labute approximate surface area is 164 Å². The van der Waals surface area contributed by atoms with E-state index in [1.54, 1.807) is 12.1 Å². The fraction of sp³-hybridized carbons (Fsp3) is 0.474. The predicted octanol–water partition coefficient (Wildman–Crippen LogP) is 1.85. The van der Waals surface area contributed by atoms with Crippen molar-refractivity contribution in [3.63, 3.8) is 0 Å². The van der Waals surface area contributed by atoms with E-state index in [-0.39, 0.29) is 13.2 Å². The van der Waals surface area contributed by atoms with Crippen LogP contribution in [0, 0.1) is 0 Å². The van der Waals surface area contributed by atoms with Crippen molar-refractivity contribution in [2.75, 3.05) is 26.4 Å². The molecular weight excluding hydrogens is 370 g/mol. The largest absolute Gasteiger partial charge is 0.491 e. The van der Waals surface area contributed by atoms with Crippen molar-refractivity contribution in [3.05, 3.63) is 47.1 Å². The van der Waals surface area contributed by atoms with Gasteiger partial charge in [0, 0.05) is 24.8 Å². The Morgan fingerprint density at radius 2 is 1.93 bits per heavy atom. The number of ether oxygens (including phenoxy) is 2. The lowest BCUT2D eigenvalue weighted by Gasteiger charge is -2.27. The van der Waals surface area contributed by atoms with E-state index < -0.39 is 11.6 Å². The molecule has 1 aromatic heterocycles. The van der Waals surface area contributed by atoms with Gasteiger partial charge in [0.05, 0.1) is 0 Å². The van der Waals surface area contributed by atoms with Gasteiger partial charge in [0.2, 0.25) is 5.88 Å². The topological polar surface area (TPSA) is 96.7 Å². The maximum Gasteiger partial charge on any atom is 0.233 e. The number of aliphatic hydroxyl groups excluding tert-OH is 2. The standard InChI is InChI=1S/C19H26ClN3O4/c1-19(2,13-27-18-8-7-17(20)22-23-18)21-11-15(25)12-26-16-6-4-3-5-14(16)9-10-24/h3-8,15,21,24-25H,9-13H2,1-2H3. The van der Waals surface area contributed by atoms with Gasteiger partial charge in [-0.15, -0.1) is 10.2 Å². The molecule has 1 aromatic carbocycles. The van der Waals surface area contributed by atoms with Crippen molar-refractivity contribution in [2.24, 2.45) is 0 Å². The van der Waals surface area contributed by atoms with Gasteiger partial charge in [0.1, 0.15) is 25.1 Å². The summed E-state index contributed by atoms with van der Waals surface area (Å²) in [6, 6.07) is 10.7. The van der Waals surface area contributed by atoms with E-state index in [9.17, 15) is 5.11 Å². The molecule has 0 saturated carbocycles. The summed E-state index contributed by atoms with van der Waals surface area (Å²) in [6.07, 6.45) is -0.176. The normalized spacial score (nSPS) is 12.6. The molecule has 0 spiro atoms. The molecule has 2 aromatic rings. The minimum atomic E-state index is -0.693. The van der Waals surface area contributed by atoms with Crippen molar-refractivity contribution < 1.29 is 19.7 Å². The van der Waals surface area contributed by atoms with E-state index in [1.807, 2.05) is 38.1 Å². The van der Waals surface area contributed by atoms with Crippen molar-refractivity contribution in [1.82, 2.24) is 15.5 Å². The third-order valence-electron chi connectivity index (χ3n) is 3.79. The summed E-state index contributed by atoms with van der Waals surface area (Å²) < 4.78 is 11.3. The zero-order valence-corrected chi connectivity index (χ0v) is 16.3. The lowest BCUT2D eigenvalue weighted by Crippen LogP contribution is -2.48. The highest BCUT2D eigenvalue weighted by Gasteiger charge is 2.20. The molecule has 3 N–H and O–H groups in total. The Balaban J connectivity index is 1.75. The van der Waals surface area contributed by atoms with Gasteiger partial charge in [0.15, 0.2) is 5.15 Å². The number of hydrogen-bond acceptors (Lipinski definition) is 7. The number of β-amino-alcohol motifs (C(OH)–C–C–N with tert-alkyl or cyclic N) is 1. The van der Waals surface area contributed by atoms with E-state index in [2.05, 4.69) is 15.5 Å². The number of benzene rings is 1. The number of aliphatic hydroxyl groups is 2. The maximum atomic E-state index is 10.2. The van der Waals surface area contributed by atoms with E-state index in [1.165, 1.54) is 0 Å². The van der Waals surface area contributed by atoms with Crippen molar-refractivity contribution in [1.29, 1.82) is 0 Å². The molecule has 7 nitrogen and oxygen atoms in total. The van der Waals surface area contributed by atoms with Crippen LogP contribution in [0.15, 0.2) is 36.4 Å². The second-order valence-electron chi connectivity index (χ2n) is 6.79. The Morgan fingerprint density at radius 3 is 2.63 bits per heavy atom. The van der Waals surface area contributed by atoms with Crippen molar-refractivity contribution >= 4 is 11.6 Å². The molecular formula is C19H26ClN3O4. The van der Waals surface area contributed by atoms with Gasteiger partial charge in [-0.3, -0.25) is 0 Å². The molecule has 1 heterocycles. The van der Waals surface area contributed by atoms with Crippen LogP contribution in [-0.4, -0.2) is 58.4 Å². The van der Waals surface area contributed by atoms with Gasteiger partial charge in [-0.05, 0) is 38.0 Å². The van der Waals surface area contributed by atoms with Crippen LogP contribution in [0.2, 0.25) is 5.15 Å². The van der Waals surface area contributed by atoms with Gasteiger partial charge in [0.25, 0.3) is 0 Å². The second kappa shape index (κ2) is 10.4. The van der Waals surface area contributed by atoms with E-state index in [0.717, 1.165) is 5.56 Å². The maximum absolute atomic E-state index is 10.2. The summed E-state index contributed by atoms with van der Waals surface area (Å²) in [5.74, 6) is 1.06. The lowest BCUT2D eigenvalue weighted by atomic mass is 10.1. The summed E-state index contributed by atoms with van der Waals surface area (Å²) >= 11 is 5.69. The molecule has 0 aliphatic rings. The summed E-state index contributed by atoms with van der Waals surface area (Å²) in [5.41, 5.74) is 0.523. The monoisotopic (exact) mass is 395 g/mol. The first-order valence-electron chi connectivity index (χ1n) is 8.76. The molecule has 0 amide bonds. The quantitative estimate of drug-likeness (QED) is 0.534.